The summed E-state index contributed by atoms with van der Waals surface area (Å²) >= 11 is 0. The fraction of sp³-hybridized carbons (Fsp3) is 0.0870. The number of nitrogens with zero attached hydrogens (tertiary/aromatic N) is 3. The normalized spacial score (nSPS) is 10.7. The second-order valence-electron chi connectivity index (χ2n) is 6.58. The molecule has 1 aromatic heterocycles. The molecule has 8 heteroatoms. The Labute approximate surface area is 177 Å². The molecule has 4 aromatic rings. The molecule has 0 aliphatic carbocycles. The first-order valence-electron chi connectivity index (χ1n) is 9.56. The first kappa shape index (κ1) is 20.2. The van der Waals surface area contributed by atoms with Crippen LogP contribution in [0.25, 0.3) is 17.1 Å². The average Bonchev–Trinajstić information content (AvgIpc) is 3.19. The number of aromatic nitrogens is 3. The third-order valence-corrected chi connectivity index (χ3v) is 4.44. The van der Waals surface area contributed by atoms with Gasteiger partial charge in [0.1, 0.15) is 11.6 Å². The van der Waals surface area contributed by atoms with E-state index in [4.69, 9.17) is 4.74 Å². The second kappa shape index (κ2) is 8.74. The van der Waals surface area contributed by atoms with Crippen LogP contribution in [0.5, 0.6) is 6.01 Å². The largest absolute Gasteiger partial charge is 0.463 e. The molecule has 0 fully saturated rings. The van der Waals surface area contributed by atoms with E-state index in [0.717, 1.165) is 0 Å². The van der Waals surface area contributed by atoms with Crippen LogP contribution < -0.4 is 10.1 Å². The van der Waals surface area contributed by atoms with Crippen LogP contribution in [-0.4, -0.2) is 27.3 Å². The Morgan fingerprint density at radius 1 is 0.935 bits per heavy atom. The third kappa shape index (κ3) is 4.58. The van der Waals surface area contributed by atoms with Crippen LogP contribution in [0.4, 0.5) is 14.5 Å². The van der Waals surface area contributed by atoms with Crippen molar-refractivity contribution in [3.05, 3.63) is 90.0 Å². The molecule has 1 N–H and O–H groups in total. The molecule has 0 saturated heterocycles. The molecular weight excluding hydrogens is 402 g/mol. The molecule has 0 aliphatic rings. The minimum absolute atomic E-state index is 0.204. The lowest BCUT2D eigenvalue weighted by Gasteiger charge is -2.08. The molecule has 0 atom stereocenters. The van der Waals surface area contributed by atoms with Crippen molar-refractivity contribution < 1.29 is 18.3 Å². The molecule has 0 aliphatic heterocycles. The number of benzene rings is 3. The highest BCUT2D eigenvalue weighted by Gasteiger charge is 2.15. The lowest BCUT2D eigenvalue weighted by molar-refractivity contribution is 0.102. The number of nitrogens with one attached hydrogen (secondary N) is 1. The van der Waals surface area contributed by atoms with Crippen LogP contribution in [0.3, 0.4) is 0 Å². The summed E-state index contributed by atoms with van der Waals surface area (Å²) in [5.41, 5.74) is 2.26. The maximum absolute atomic E-state index is 13.3. The van der Waals surface area contributed by atoms with Crippen LogP contribution in [0.1, 0.15) is 17.3 Å². The molecule has 0 bridgehead atoms. The van der Waals surface area contributed by atoms with Gasteiger partial charge in [-0.2, -0.15) is 4.98 Å². The van der Waals surface area contributed by atoms with Crippen LogP contribution in [0.2, 0.25) is 0 Å². The first-order valence-corrected chi connectivity index (χ1v) is 9.56. The topological polar surface area (TPSA) is 69.0 Å². The lowest BCUT2D eigenvalue weighted by Crippen LogP contribution is -2.11. The second-order valence-corrected chi connectivity index (χ2v) is 6.58. The molecule has 3 aromatic carbocycles. The summed E-state index contributed by atoms with van der Waals surface area (Å²) in [4.78, 5) is 16.7. The van der Waals surface area contributed by atoms with E-state index in [0.29, 0.717) is 34.9 Å². The van der Waals surface area contributed by atoms with Crippen molar-refractivity contribution in [2.75, 3.05) is 11.9 Å². The predicted molar refractivity (Wildman–Crippen MR) is 112 cm³/mol. The number of halogens is 2. The molecule has 31 heavy (non-hydrogen) atoms. The number of carbonyl (C=O) groups is 1. The van der Waals surface area contributed by atoms with E-state index in [1.807, 2.05) is 6.92 Å². The van der Waals surface area contributed by atoms with E-state index in [-0.39, 0.29) is 17.7 Å². The minimum atomic E-state index is -0.405. The summed E-state index contributed by atoms with van der Waals surface area (Å²) in [5, 5.41) is 7.14. The Balaban J connectivity index is 1.60. The van der Waals surface area contributed by atoms with Crippen molar-refractivity contribution in [2.24, 2.45) is 0 Å². The Hall–Kier alpha value is -4.07. The molecule has 4 rings (SSSR count). The van der Waals surface area contributed by atoms with Crippen LogP contribution >= 0.6 is 0 Å². The van der Waals surface area contributed by atoms with Crippen molar-refractivity contribution in [1.82, 2.24) is 14.8 Å². The SMILES string of the molecule is CCOc1nc(-c2ccc(F)cc2)n(-c2ccc(NC(=O)c3ccc(F)cc3)cc2)n1. The lowest BCUT2D eigenvalue weighted by atomic mass is 10.2. The number of hydrogen-bond donors (Lipinski definition) is 1. The van der Waals surface area contributed by atoms with Gasteiger partial charge in [0.2, 0.25) is 0 Å². The number of anilines is 1. The predicted octanol–water partition coefficient (Wildman–Crippen LogP) is 4.86. The Morgan fingerprint density at radius 2 is 1.55 bits per heavy atom. The van der Waals surface area contributed by atoms with E-state index in [2.05, 4.69) is 15.4 Å². The van der Waals surface area contributed by atoms with Gasteiger partial charge in [-0.3, -0.25) is 4.79 Å². The van der Waals surface area contributed by atoms with E-state index in [9.17, 15) is 13.6 Å². The zero-order chi connectivity index (χ0) is 21.8. The molecule has 1 amide bonds. The molecule has 0 spiro atoms. The Morgan fingerprint density at radius 3 is 2.16 bits per heavy atom. The van der Waals surface area contributed by atoms with Gasteiger partial charge < -0.3 is 10.1 Å². The highest BCUT2D eigenvalue weighted by molar-refractivity contribution is 6.04. The molecule has 156 valence electrons. The Bertz CT molecular complexity index is 1190. The summed E-state index contributed by atoms with van der Waals surface area (Å²) < 4.78 is 33.4. The maximum Gasteiger partial charge on any atom is 0.336 e. The van der Waals surface area contributed by atoms with Crippen molar-refractivity contribution in [3.63, 3.8) is 0 Å². The van der Waals surface area contributed by atoms with Crippen molar-refractivity contribution in [3.8, 4) is 23.1 Å². The number of carbonyl (C=O) groups excluding carboxylic acids is 1. The average molecular weight is 420 g/mol. The molecule has 0 saturated carbocycles. The van der Waals surface area contributed by atoms with Gasteiger partial charge in [0.05, 0.1) is 12.3 Å². The standard InChI is InChI=1S/C23H18F2N4O2/c1-2-31-23-27-21(15-3-7-17(24)8-4-15)29(28-23)20-13-11-19(12-14-20)26-22(30)16-5-9-18(25)10-6-16/h3-14H,2H2,1H3,(H,26,30). The van der Waals surface area contributed by atoms with Crippen LogP contribution in [0.15, 0.2) is 72.8 Å². The molecule has 0 radical (unpaired) electrons. The molecular formula is C23H18F2N4O2. The van der Waals surface area contributed by atoms with Gasteiger partial charge in [-0.05, 0) is 79.7 Å². The smallest absolute Gasteiger partial charge is 0.336 e. The quantitative estimate of drug-likeness (QED) is 0.484. The third-order valence-electron chi connectivity index (χ3n) is 4.44. The first-order chi connectivity index (χ1) is 15.0. The summed E-state index contributed by atoms with van der Waals surface area (Å²) in [6.07, 6.45) is 0. The highest BCUT2D eigenvalue weighted by atomic mass is 19.1. The van der Waals surface area contributed by atoms with Crippen LogP contribution in [-0.2, 0) is 0 Å². The number of amides is 1. The van der Waals surface area contributed by atoms with Gasteiger partial charge in [0.25, 0.3) is 5.91 Å². The summed E-state index contributed by atoms with van der Waals surface area (Å²) in [5.74, 6) is -0.608. The van der Waals surface area contributed by atoms with Gasteiger partial charge in [0.15, 0.2) is 5.82 Å². The summed E-state index contributed by atoms with van der Waals surface area (Å²) in [7, 11) is 0. The number of hydrogen-bond acceptors (Lipinski definition) is 4. The summed E-state index contributed by atoms with van der Waals surface area (Å²) in [6, 6.07) is 18.4. The van der Waals surface area contributed by atoms with Gasteiger partial charge in [0, 0.05) is 16.8 Å². The fourth-order valence-electron chi connectivity index (χ4n) is 2.94. The highest BCUT2D eigenvalue weighted by Crippen LogP contribution is 2.25. The van der Waals surface area contributed by atoms with Gasteiger partial charge in [-0.25, -0.2) is 13.5 Å². The summed E-state index contributed by atoms with van der Waals surface area (Å²) in [6.45, 7) is 2.23. The van der Waals surface area contributed by atoms with Crippen molar-refractivity contribution in [1.29, 1.82) is 0 Å². The number of ether oxygens (including phenoxy) is 1. The van der Waals surface area contributed by atoms with Gasteiger partial charge >= 0.3 is 6.01 Å². The minimum Gasteiger partial charge on any atom is -0.463 e. The zero-order valence-electron chi connectivity index (χ0n) is 16.5. The maximum atomic E-state index is 13.3. The zero-order valence-corrected chi connectivity index (χ0v) is 16.5. The van der Waals surface area contributed by atoms with E-state index < -0.39 is 5.82 Å². The van der Waals surface area contributed by atoms with E-state index in [1.54, 1.807) is 41.1 Å². The number of rotatable bonds is 6. The van der Waals surface area contributed by atoms with E-state index >= 15 is 0 Å². The van der Waals surface area contributed by atoms with Gasteiger partial charge in [-0.1, -0.05) is 0 Å². The fourth-order valence-corrected chi connectivity index (χ4v) is 2.94. The van der Waals surface area contributed by atoms with Crippen molar-refractivity contribution in [2.45, 2.75) is 6.92 Å². The van der Waals surface area contributed by atoms with Gasteiger partial charge in [-0.15, -0.1) is 5.10 Å². The van der Waals surface area contributed by atoms with Crippen LogP contribution in [0, 0.1) is 11.6 Å². The molecule has 1 heterocycles. The van der Waals surface area contributed by atoms with E-state index in [1.165, 1.54) is 36.4 Å². The Kier molecular flexibility index (Phi) is 5.70. The molecule has 0 unspecified atom stereocenters. The monoisotopic (exact) mass is 420 g/mol. The molecule has 6 nitrogen and oxygen atoms in total. The van der Waals surface area contributed by atoms with Crippen molar-refractivity contribution >= 4 is 11.6 Å².